The molecule has 1 aliphatic rings. The fourth-order valence-corrected chi connectivity index (χ4v) is 9.16. The van der Waals surface area contributed by atoms with Gasteiger partial charge in [-0.05, 0) is 94.7 Å². The van der Waals surface area contributed by atoms with Gasteiger partial charge in [-0.25, -0.2) is 9.97 Å². The van der Waals surface area contributed by atoms with Gasteiger partial charge in [-0.1, -0.05) is 178 Å². The van der Waals surface area contributed by atoms with Crippen LogP contribution in [0.1, 0.15) is 25.0 Å². The summed E-state index contributed by atoms with van der Waals surface area (Å²) in [5.41, 5.74) is 12.8. The Morgan fingerprint density at radius 2 is 0.909 bits per heavy atom. The van der Waals surface area contributed by atoms with E-state index in [1.165, 1.54) is 71.1 Å². The molecule has 0 spiro atoms. The lowest BCUT2D eigenvalue weighted by Crippen LogP contribution is -2.15. The monoisotopic (exact) mass is 700 g/mol. The number of hydrogen-bond donors (Lipinski definition) is 0. The molecule has 55 heavy (non-hydrogen) atoms. The highest BCUT2D eigenvalue weighted by molar-refractivity contribution is 6.06. The molecule has 258 valence electrons. The highest BCUT2D eigenvalue weighted by atomic mass is 14.9. The van der Waals surface area contributed by atoms with Crippen LogP contribution in [0.2, 0.25) is 0 Å². The van der Waals surface area contributed by atoms with E-state index in [9.17, 15) is 0 Å². The zero-order valence-corrected chi connectivity index (χ0v) is 30.7. The molecule has 10 aromatic rings. The second kappa shape index (κ2) is 12.1. The van der Waals surface area contributed by atoms with Crippen LogP contribution in [0.5, 0.6) is 0 Å². The van der Waals surface area contributed by atoms with E-state index in [0.29, 0.717) is 0 Å². The van der Waals surface area contributed by atoms with Crippen LogP contribution in [0.4, 0.5) is 0 Å². The standard InChI is InChI=1S/C53H36N2/c1-53(2)48-31-37(25-26-44(48)46-27-24-35-14-6-8-18-41(35)51(46)53)40-28-29-45(43-20-10-9-19-42(40)43)50-32-49(38-23-22-33-12-3-4-15-36(33)30-38)54-52(55-50)47-21-11-16-34-13-5-7-17-39(34)47/h3-32H,1-2H3. The first-order chi connectivity index (χ1) is 27.0. The molecule has 0 atom stereocenters. The minimum atomic E-state index is -0.130. The Hall–Kier alpha value is -6.90. The van der Waals surface area contributed by atoms with Crippen LogP contribution in [0.25, 0.3) is 99.2 Å². The van der Waals surface area contributed by atoms with E-state index in [0.717, 1.165) is 39.3 Å². The van der Waals surface area contributed by atoms with Crippen molar-refractivity contribution in [2.75, 3.05) is 0 Å². The van der Waals surface area contributed by atoms with Crippen LogP contribution in [-0.4, -0.2) is 9.97 Å². The number of aromatic nitrogens is 2. The van der Waals surface area contributed by atoms with Crippen LogP contribution in [0.3, 0.4) is 0 Å². The van der Waals surface area contributed by atoms with Crippen molar-refractivity contribution in [3.05, 3.63) is 193 Å². The molecular weight excluding hydrogens is 665 g/mol. The Morgan fingerprint density at radius 3 is 1.73 bits per heavy atom. The third-order valence-electron chi connectivity index (χ3n) is 11.9. The summed E-state index contributed by atoms with van der Waals surface area (Å²) in [6, 6.07) is 66.0. The van der Waals surface area contributed by atoms with E-state index in [1.807, 2.05) is 0 Å². The van der Waals surface area contributed by atoms with Crippen LogP contribution in [0.15, 0.2) is 182 Å². The maximum absolute atomic E-state index is 5.37. The number of benzene rings is 9. The highest BCUT2D eigenvalue weighted by Gasteiger charge is 2.37. The normalized spacial score (nSPS) is 13.1. The minimum absolute atomic E-state index is 0.130. The average molecular weight is 701 g/mol. The third kappa shape index (κ3) is 4.95. The van der Waals surface area contributed by atoms with Crippen molar-refractivity contribution in [3.8, 4) is 56.2 Å². The number of hydrogen-bond acceptors (Lipinski definition) is 2. The molecule has 2 heteroatoms. The summed E-state index contributed by atoms with van der Waals surface area (Å²) in [5.74, 6) is 0.721. The SMILES string of the molecule is CC1(C)c2cc(-c3ccc(-c4cc(-c5ccc6ccccc6c5)nc(-c5cccc6ccccc56)n4)c4ccccc34)ccc2-c2ccc3ccccc3c21. The molecule has 0 bridgehead atoms. The van der Waals surface area contributed by atoms with Gasteiger partial charge in [0.1, 0.15) is 0 Å². The summed E-state index contributed by atoms with van der Waals surface area (Å²) in [7, 11) is 0. The molecule has 0 saturated heterocycles. The molecule has 0 aliphatic heterocycles. The smallest absolute Gasteiger partial charge is 0.161 e. The zero-order chi connectivity index (χ0) is 36.7. The van der Waals surface area contributed by atoms with Gasteiger partial charge in [0.05, 0.1) is 11.4 Å². The fraction of sp³-hybridized carbons (Fsp3) is 0.0566. The topological polar surface area (TPSA) is 25.8 Å². The van der Waals surface area contributed by atoms with Gasteiger partial charge in [0.2, 0.25) is 0 Å². The van der Waals surface area contributed by atoms with Crippen molar-refractivity contribution in [2.24, 2.45) is 0 Å². The second-order valence-electron chi connectivity index (χ2n) is 15.4. The Morgan fingerprint density at radius 1 is 0.345 bits per heavy atom. The van der Waals surface area contributed by atoms with Crippen molar-refractivity contribution < 1.29 is 0 Å². The lowest BCUT2D eigenvalue weighted by Gasteiger charge is -2.24. The maximum Gasteiger partial charge on any atom is 0.161 e. The quantitative estimate of drug-likeness (QED) is 0.183. The maximum atomic E-state index is 5.37. The van der Waals surface area contributed by atoms with Crippen molar-refractivity contribution in [1.29, 1.82) is 0 Å². The molecule has 0 N–H and O–H groups in total. The minimum Gasteiger partial charge on any atom is -0.228 e. The van der Waals surface area contributed by atoms with Crippen molar-refractivity contribution >= 4 is 43.1 Å². The number of fused-ring (bicyclic) bond motifs is 8. The van der Waals surface area contributed by atoms with Gasteiger partial charge < -0.3 is 0 Å². The van der Waals surface area contributed by atoms with Gasteiger partial charge in [-0.15, -0.1) is 0 Å². The van der Waals surface area contributed by atoms with Crippen LogP contribution >= 0.6 is 0 Å². The van der Waals surface area contributed by atoms with E-state index in [1.54, 1.807) is 0 Å². The Balaban J connectivity index is 1.09. The predicted octanol–water partition coefficient (Wildman–Crippen LogP) is 14.1. The number of nitrogens with zero attached hydrogens (tertiary/aromatic N) is 2. The van der Waals surface area contributed by atoms with E-state index < -0.39 is 0 Å². The van der Waals surface area contributed by atoms with E-state index in [4.69, 9.17) is 9.97 Å². The average Bonchev–Trinajstić information content (AvgIpc) is 3.48. The van der Waals surface area contributed by atoms with E-state index in [2.05, 4.69) is 196 Å². The first-order valence-corrected chi connectivity index (χ1v) is 19.1. The molecule has 0 radical (unpaired) electrons. The Bertz CT molecular complexity index is 3180. The van der Waals surface area contributed by atoms with Crippen molar-refractivity contribution in [3.63, 3.8) is 0 Å². The van der Waals surface area contributed by atoms with E-state index in [-0.39, 0.29) is 5.41 Å². The second-order valence-corrected chi connectivity index (χ2v) is 15.4. The van der Waals surface area contributed by atoms with Gasteiger partial charge in [0.15, 0.2) is 5.82 Å². The molecule has 1 heterocycles. The van der Waals surface area contributed by atoms with Gasteiger partial charge in [-0.3, -0.25) is 0 Å². The predicted molar refractivity (Wildman–Crippen MR) is 231 cm³/mol. The molecule has 1 aliphatic carbocycles. The summed E-state index contributed by atoms with van der Waals surface area (Å²) in [5, 5.41) is 9.72. The van der Waals surface area contributed by atoms with Crippen molar-refractivity contribution in [1.82, 2.24) is 9.97 Å². The van der Waals surface area contributed by atoms with Crippen LogP contribution in [-0.2, 0) is 5.41 Å². The molecule has 1 aromatic heterocycles. The Labute approximate surface area is 320 Å². The first-order valence-electron chi connectivity index (χ1n) is 19.1. The fourth-order valence-electron chi connectivity index (χ4n) is 9.16. The van der Waals surface area contributed by atoms with Gasteiger partial charge in [-0.2, -0.15) is 0 Å². The van der Waals surface area contributed by atoms with Crippen LogP contribution < -0.4 is 0 Å². The third-order valence-corrected chi connectivity index (χ3v) is 11.9. The summed E-state index contributed by atoms with van der Waals surface area (Å²) >= 11 is 0. The first kappa shape index (κ1) is 31.6. The molecule has 0 unspecified atom stereocenters. The Kier molecular flexibility index (Phi) is 6.93. The van der Waals surface area contributed by atoms with Crippen LogP contribution in [0, 0.1) is 0 Å². The largest absolute Gasteiger partial charge is 0.228 e. The molecule has 0 amide bonds. The van der Waals surface area contributed by atoms with Gasteiger partial charge in [0.25, 0.3) is 0 Å². The summed E-state index contributed by atoms with van der Waals surface area (Å²) in [6.07, 6.45) is 0. The molecule has 9 aromatic carbocycles. The highest BCUT2D eigenvalue weighted by Crippen LogP contribution is 2.52. The van der Waals surface area contributed by atoms with Gasteiger partial charge >= 0.3 is 0 Å². The molecule has 0 saturated carbocycles. The molecular formula is C53H36N2. The molecule has 0 fully saturated rings. The molecule has 11 rings (SSSR count). The van der Waals surface area contributed by atoms with Gasteiger partial charge in [0, 0.05) is 22.1 Å². The number of rotatable bonds is 4. The summed E-state index contributed by atoms with van der Waals surface area (Å²) < 4.78 is 0. The van der Waals surface area contributed by atoms with Crippen molar-refractivity contribution in [2.45, 2.75) is 19.3 Å². The molecule has 2 nitrogen and oxygen atoms in total. The summed E-state index contributed by atoms with van der Waals surface area (Å²) in [4.78, 5) is 10.6. The van der Waals surface area contributed by atoms with E-state index >= 15 is 0 Å². The summed E-state index contributed by atoms with van der Waals surface area (Å²) in [6.45, 7) is 4.76. The lowest BCUT2D eigenvalue weighted by molar-refractivity contribution is 0.666. The zero-order valence-electron chi connectivity index (χ0n) is 30.7. The lowest BCUT2D eigenvalue weighted by atomic mass is 9.79.